The van der Waals surface area contributed by atoms with Gasteiger partial charge in [-0.15, -0.1) is 0 Å². The van der Waals surface area contributed by atoms with Gasteiger partial charge in [0.2, 0.25) is 0 Å². The Morgan fingerprint density at radius 2 is 1.60 bits per heavy atom. The Morgan fingerprint density at radius 1 is 1.10 bits per heavy atom. The second-order valence-electron chi connectivity index (χ2n) is 2.22. The smallest absolute Gasteiger partial charge is 0.00474 e. The van der Waals surface area contributed by atoms with Crippen LogP contribution in [-0.4, -0.2) is 0 Å². The maximum atomic E-state index is 2.25. The van der Waals surface area contributed by atoms with E-state index in [2.05, 4.69) is 31.2 Å². The van der Waals surface area contributed by atoms with Crippen molar-refractivity contribution in [3.63, 3.8) is 0 Å². The van der Waals surface area contributed by atoms with Gasteiger partial charge in [0.1, 0.15) is 0 Å². The predicted molar refractivity (Wildman–Crippen MR) is 48.0 cm³/mol. The molecule has 1 aliphatic carbocycles. The third kappa shape index (κ3) is 3.49. The fraction of sp³-hybridized carbons (Fsp3) is 0.600. The van der Waals surface area contributed by atoms with E-state index in [9.17, 15) is 0 Å². The topological polar surface area (TPSA) is 0 Å². The van der Waals surface area contributed by atoms with Crippen LogP contribution in [0.2, 0.25) is 0 Å². The summed E-state index contributed by atoms with van der Waals surface area (Å²) in [7, 11) is 0. The van der Waals surface area contributed by atoms with Gasteiger partial charge in [-0.2, -0.15) is 0 Å². The number of hydrogen-bond donors (Lipinski definition) is 0. The molecule has 0 fully saturated rings. The van der Waals surface area contributed by atoms with E-state index in [1.807, 2.05) is 13.8 Å². The zero-order valence-electron chi connectivity index (χ0n) is 7.30. The molecule has 0 bridgehead atoms. The summed E-state index contributed by atoms with van der Waals surface area (Å²) in [6.45, 7) is 6.22. The maximum Gasteiger partial charge on any atom is -0.00474 e. The molecule has 0 aromatic rings. The Labute approximate surface area is 64.6 Å². The SMILES string of the molecule is CC.CCCC1C=CC=C1. The van der Waals surface area contributed by atoms with E-state index in [0.29, 0.717) is 0 Å². The highest BCUT2D eigenvalue weighted by Crippen LogP contribution is 2.13. The lowest BCUT2D eigenvalue weighted by atomic mass is 10.1. The third-order valence-electron chi connectivity index (χ3n) is 1.45. The second-order valence-corrected chi connectivity index (χ2v) is 2.22. The third-order valence-corrected chi connectivity index (χ3v) is 1.45. The zero-order valence-corrected chi connectivity index (χ0v) is 7.30. The Hall–Kier alpha value is -0.520. The van der Waals surface area contributed by atoms with Crippen LogP contribution in [0.4, 0.5) is 0 Å². The molecule has 0 saturated carbocycles. The van der Waals surface area contributed by atoms with Gasteiger partial charge < -0.3 is 0 Å². The lowest BCUT2D eigenvalue weighted by Crippen LogP contribution is -1.85. The van der Waals surface area contributed by atoms with Crippen molar-refractivity contribution >= 4 is 0 Å². The molecule has 0 aromatic heterocycles. The molecule has 1 rings (SSSR count). The molecule has 0 heteroatoms. The summed E-state index contributed by atoms with van der Waals surface area (Å²) in [6.07, 6.45) is 11.4. The van der Waals surface area contributed by atoms with Crippen LogP contribution in [0, 0.1) is 5.92 Å². The Morgan fingerprint density at radius 3 is 2.00 bits per heavy atom. The van der Waals surface area contributed by atoms with Gasteiger partial charge in [0.05, 0.1) is 0 Å². The van der Waals surface area contributed by atoms with Crippen molar-refractivity contribution in [1.29, 1.82) is 0 Å². The van der Waals surface area contributed by atoms with Crippen molar-refractivity contribution in [2.24, 2.45) is 5.92 Å². The van der Waals surface area contributed by atoms with E-state index in [1.54, 1.807) is 0 Å². The van der Waals surface area contributed by atoms with Gasteiger partial charge in [-0.1, -0.05) is 51.5 Å². The predicted octanol–water partition coefficient (Wildman–Crippen LogP) is 3.55. The van der Waals surface area contributed by atoms with Crippen molar-refractivity contribution in [3.05, 3.63) is 24.3 Å². The van der Waals surface area contributed by atoms with E-state index in [0.717, 1.165) is 5.92 Å². The molecule has 0 N–H and O–H groups in total. The Kier molecular flexibility index (Phi) is 6.25. The minimum atomic E-state index is 0.750. The minimum absolute atomic E-state index is 0.750. The molecule has 58 valence electrons. The normalized spacial score (nSPS) is 15.1. The van der Waals surface area contributed by atoms with Crippen LogP contribution in [0.5, 0.6) is 0 Å². The summed E-state index contributed by atoms with van der Waals surface area (Å²) in [5.41, 5.74) is 0. The Balaban J connectivity index is 0.000000371. The monoisotopic (exact) mass is 138 g/mol. The summed E-state index contributed by atoms with van der Waals surface area (Å²) in [5, 5.41) is 0. The van der Waals surface area contributed by atoms with Gasteiger partial charge >= 0.3 is 0 Å². The average molecular weight is 138 g/mol. The fourth-order valence-electron chi connectivity index (χ4n) is 1.00. The average Bonchev–Trinajstić information content (AvgIpc) is 2.46. The first-order valence-corrected chi connectivity index (χ1v) is 4.28. The lowest BCUT2D eigenvalue weighted by molar-refractivity contribution is 0.697. The van der Waals surface area contributed by atoms with Crippen LogP contribution < -0.4 is 0 Å². The molecule has 0 aliphatic heterocycles. The van der Waals surface area contributed by atoms with Gasteiger partial charge in [0.25, 0.3) is 0 Å². The zero-order chi connectivity index (χ0) is 7.82. The Bertz CT molecular complexity index is 97.2. The summed E-state index contributed by atoms with van der Waals surface area (Å²) in [4.78, 5) is 0. The van der Waals surface area contributed by atoms with Crippen LogP contribution in [0.25, 0.3) is 0 Å². The molecule has 0 radical (unpaired) electrons. The number of hydrogen-bond acceptors (Lipinski definition) is 0. The van der Waals surface area contributed by atoms with Crippen molar-refractivity contribution < 1.29 is 0 Å². The lowest BCUT2D eigenvalue weighted by Gasteiger charge is -1.98. The first-order valence-electron chi connectivity index (χ1n) is 4.28. The molecule has 0 heterocycles. The van der Waals surface area contributed by atoms with E-state index in [4.69, 9.17) is 0 Å². The van der Waals surface area contributed by atoms with Crippen molar-refractivity contribution in [2.75, 3.05) is 0 Å². The molecule has 10 heavy (non-hydrogen) atoms. The highest BCUT2D eigenvalue weighted by atomic mass is 14.0. The van der Waals surface area contributed by atoms with Gasteiger partial charge in [-0.3, -0.25) is 0 Å². The van der Waals surface area contributed by atoms with Crippen LogP contribution >= 0.6 is 0 Å². The van der Waals surface area contributed by atoms with Gasteiger partial charge in [-0.05, 0) is 12.3 Å². The van der Waals surface area contributed by atoms with Gasteiger partial charge in [0, 0.05) is 0 Å². The molecule has 0 nitrogen and oxygen atoms in total. The number of rotatable bonds is 2. The van der Waals surface area contributed by atoms with Crippen molar-refractivity contribution in [1.82, 2.24) is 0 Å². The highest BCUT2D eigenvalue weighted by molar-refractivity contribution is 5.16. The summed E-state index contributed by atoms with van der Waals surface area (Å²) in [6, 6.07) is 0. The van der Waals surface area contributed by atoms with E-state index in [-0.39, 0.29) is 0 Å². The highest BCUT2D eigenvalue weighted by Gasteiger charge is 1.99. The summed E-state index contributed by atoms with van der Waals surface area (Å²) in [5.74, 6) is 0.750. The van der Waals surface area contributed by atoms with Crippen LogP contribution in [0.15, 0.2) is 24.3 Å². The van der Waals surface area contributed by atoms with Crippen molar-refractivity contribution in [2.45, 2.75) is 33.6 Å². The first-order chi connectivity index (χ1) is 4.93. The van der Waals surface area contributed by atoms with E-state index < -0.39 is 0 Å². The molecular formula is C10H18. The van der Waals surface area contributed by atoms with Gasteiger partial charge in [0.15, 0.2) is 0 Å². The molecule has 0 atom stereocenters. The fourth-order valence-corrected chi connectivity index (χ4v) is 1.00. The van der Waals surface area contributed by atoms with E-state index >= 15 is 0 Å². The standard InChI is InChI=1S/C8H12.C2H6/c1-2-5-8-6-3-4-7-8;1-2/h3-4,6-8H,2,5H2,1H3;1-2H3. The molecule has 0 spiro atoms. The van der Waals surface area contributed by atoms with Gasteiger partial charge in [-0.25, -0.2) is 0 Å². The first kappa shape index (κ1) is 9.48. The number of allylic oxidation sites excluding steroid dienone is 4. The molecule has 0 saturated heterocycles. The van der Waals surface area contributed by atoms with Crippen LogP contribution in [0.3, 0.4) is 0 Å². The minimum Gasteiger partial charge on any atom is -0.0776 e. The van der Waals surface area contributed by atoms with E-state index in [1.165, 1.54) is 12.8 Å². The molecule has 1 aliphatic rings. The summed E-state index contributed by atoms with van der Waals surface area (Å²) >= 11 is 0. The van der Waals surface area contributed by atoms with Crippen LogP contribution in [-0.2, 0) is 0 Å². The summed E-state index contributed by atoms with van der Waals surface area (Å²) < 4.78 is 0. The maximum absolute atomic E-state index is 2.25. The van der Waals surface area contributed by atoms with Crippen LogP contribution in [0.1, 0.15) is 33.6 Å². The quantitative estimate of drug-likeness (QED) is 0.547. The second kappa shape index (κ2) is 6.60. The molecule has 0 unspecified atom stereocenters. The molecule has 0 amide bonds. The van der Waals surface area contributed by atoms with Crippen molar-refractivity contribution in [3.8, 4) is 0 Å². The molecular weight excluding hydrogens is 120 g/mol. The largest absolute Gasteiger partial charge is 0.0776 e. The molecule has 0 aromatic carbocycles.